The van der Waals surface area contributed by atoms with Crippen LogP contribution in [0.15, 0.2) is 18.2 Å². The summed E-state index contributed by atoms with van der Waals surface area (Å²) in [5.74, 6) is -0.560. The monoisotopic (exact) mass is 266 g/mol. The van der Waals surface area contributed by atoms with Crippen molar-refractivity contribution in [3.05, 3.63) is 39.4 Å². The van der Waals surface area contributed by atoms with Crippen LogP contribution in [0.1, 0.15) is 11.1 Å². The van der Waals surface area contributed by atoms with Crippen LogP contribution in [-0.4, -0.2) is 23.4 Å². The average molecular weight is 266 g/mol. The van der Waals surface area contributed by atoms with Crippen LogP contribution < -0.4 is 16.4 Å². The largest absolute Gasteiger partial charge is 0.351 e. The summed E-state index contributed by atoms with van der Waals surface area (Å²) in [5, 5.41) is 15.4. The van der Waals surface area contributed by atoms with Gasteiger partial charge in [0.1, 0.15) is 0 Å². The molecule has 3 amide bonds. The number of nitrogens with zero attached hydrogens (tertiary/aromatic N) is 1. The fourth-order valence-electron chi connectivity index (χ4n) is 1.55. The van der Waals surface area contributed by atoms with E-state index in [9.17, 15) is 19.7 Å². The van der Waals surface area contributed by atoms with Crippen molar-refractivity contribution in [1.82, 2.24) is 10.6 Å². The van der Waals surface area contributed by atoms with Gasteiger partial charge in [-0.3, -0.25) is 20.2 Å². The van der Waals surface area contributed by atoms with Crippen molar-refractivity contribution in [2.75, 3.05) is 6.54 Å². The molecule has 0 heterocycles. The Labute approximate surface area is 109 Å². The number of nitro benzene ring substituents is 1. The summed E-state index contributed by atoms with van der Waals surface area (Å²) in [5.41, 5.74) is 6.06. The molecule has 0 atom stereocenters. The lowest BCUT2D eigenvalue weighted by Crippen LogP contribution is -2.40. The Morgan fingerprint density at radius 2 is 2.11 bits per heavy atom. The number of benzene rings is 1. The Hall–Kier alpha value is -2.48. The quantitative estimate of drug-likeness (QED) is 0.517. The molecule has 4 N–H and O–H groups in total. The third-order valence-electron chi connectivity index (χ3n) is 2.48. The molecule has 0 saturated heterocycles. The van der Waals surface area contributed by atoms with Crippen LogP contribution in [0.2, 0.25) is 0 Å². The molecule has 0 saturated carbocycles. The second-order valence-corrected chi connectivity index (χ2v) is 3.83. The Bertz CT molecular complexity index is 515. The first-order valence-corrected chi connectivity index (χ1v) is 5.44. The van der Waals surface area contributed by atoms with Crippen molar-refractivity contribution in [3.8, 4) is 0 Å². The Kier molecular flexibility index (Phi) is 4.95. The molecule has 0 aliphatic heterocycles. The van der Waals surface area contributed by atoms with Gasteiger partial charge in [-0.15, -0.1) is 0 Å². The number of hydrogen-bond acceptors (Lipinski definition) is 5. The molecule has 0 aliphatic carbocycles. The maximum atomic E-state index is 11.1. The van der Waals surface area contributed by atoms with Gasteiger partial charge in [0, 0.05) is 18.2 Å². The molecule has 0 bridgehead atoms. The van der Waals surface area contributed by atoms with Crippen LogP contribution >= 0.6 is 0 Å². The summed E-state index contributed by atoms with van der Waals surface area (Å²) in [6, 6.07) is 3.80. The maximum absolute atomic E-state index is 11.1. The molecule has 1 aromatic carbocycles. The van der Waals surface area contributed by atoms with Gasteiger partial charge in [-0.1, -0.05) is 12.1 Å². The first kappa shape index (κ1) is 14.6. The van der Waals surface area contributed by atoms with E-state index in [-0.39, 0.29) is 18.8 Å². The van der Waals surface area contributed by atoms with Crippen molar-refractivity contribution < 1.29 is 14.5 Å². The van der Waals surface area contributed by atoms with Gasteiger partial charge in [-0.25, -0.2) is 4.79 Å². The highest BCUT2D eigenvalue weighted by Gasteiger charge is 2.13. The summed E-state index contributed by atoms with van der Waals surface area (Å²) in [7, 11) is 0. The van der Waals surface area contributed by atoms with Crippen LogP contribution in [-0.2, 0) is 11.3 Å². The fourth-order valence-corrected chi connectivity index (χ4v) is 1.55. The molecular formula is C11H14N4O4. The minimum absolute atomic E-state index is 0.0286. The van der Waals surface area contributed by atoms with E-state index in [1.807, 2.05) is 5.32 Å². The SMILES string of the molecule is Cc1c(CNCC(=O)NC(N)=O)cccc1[N+](=O)[O-]. The normalized spacial score (nSPS) is 9.95. The number of primary amides is 1. The highest BCUT2D eigenvalue weighted by molar-refractivity contribution is 5.94. The second-order valence-electron chi connectivity index (χ2n) is 3.83. The van der Waals surface area contributed by atoms with Gasteiger partial charge in [0.2, 0.25) is 5.91 Å². The Morgan fingerprint density at radius 1 is 1.42 bits per heavy atom. The molecular weight excluding hydrogens is 252 g/mol. The molecule has 0 fully saturated rings. The van der Waals surface area contributed by atoms with Crippen molar-refractivity contribution >= 4 is 17.6 Å². The molecule has 0 unspecified atom stereocenters. The van der Waals surface area contributed by atoms with Gasteiger partial charge in [0.15, 0.2) is 0 Å². The first-order chi connectivity index (χ1) is 8.91. The predicted molar refractivity (Wildman–Crippen MR) is 67.3 cm³/mol. The summed E-state index contributed by atoms with van der Waals surface area (Å²) >= 11 is 0. The zero-order valence-corrected chi connectivity index (χ0v) is 10.3. The minimum atomic E-state index is -0.918. The molecule has 0 radical (unpaired) electrons. The molecule has 1 aromatic rings. The van der Waals surface area contributed by atoms with Crippen molar-refractivity contribution in [3.63, 3.8) is 0 Å². The van der Waals surface area contributed by atoms with Crippen molar-refractivity contribution in [1.29, 1.82) is 0 Å². The van der Waals surface area contributed by atoms with Gasteiger partial charge < -0.3 is 11.1 Å². The zero-order chi connectivity index (χ0) is 14.4. The van der Waals surface area contributed by atoms with Crippen molar-refractivity contribution in [2.45, 2.75) is 13.5 Å². The number of urea groups is 1. The van der Waals surface area contributed by atoms with E-state index in [4.69, 9.17) is 5.73 Å². The number of rotatable bonds is 5. The van der Waals surface area contributed by atoms with Gasteiger partial charge in [-0.05, 0) is 12.5 Å². The number of nitrogens with one attached hydrogen (secondary N) is 2. The van der Waals surface area contributed by atoms with E-state index in [1.165, 1.54) is 6.07 Å². The van der Waals surface area contributed by atoms with E-state index in [1.54, 1.807) is 19.1 Å². The smallest absolute Gasteiger partial charge is 0.318 e. The van der Waals surface area contributed by atoms with Crippen LogP contribution in [0.25, 0.3) is 0 Å². The fraction of sp³-hybridized carbons (Fsp3) is 0.273. The second kappa shape index (κ2) is 6.45. The summed E-state index contributed by atoms with van der Waals surface area (Å²) in [6.45, 7) is 1.81. The third-order valence-corrected chi connectivity index (χ3v) is 2.48. The number of imide groups is 1. The number of nitro groups is 1. The highest BCUT2D eigenvalue weighted by Crippen LogP contribution is 2.20. The number of carbonyl (C=O) groups excluding carboxylic acids is 2. The molecule has 8 nitrogen and oxygen atoms in total. The van der Waals surface area contributed by atoms with Gasteiger partial charge in [-0.2, -0.15) is 0 Å². The topological polar surface area (TPSA) is 127 Å². The van der Waals surface area contributed by atoms with Crippen LogP contribution in [0.3, 0.4) is 0 Å². The Balaban J connectivity index is 2.59. The van der Waals surface area contributed by atoms with Gasteiger partial charge in [0.05, 0.1) is 11.5 Å². The number of hydrogen-bond donors (Lipinski definition) is 3. The van der Waals surface area contributed by atoms with E-state index >= 15 is 0 Å². The third kappa shape index (κ3) is 4.36. The molecule has 102 valence electrons. The standard InChI is InChI=1S/C11H14N4O4/c1-7-8(3-2-4-9(7)15(18)19)5-13-6-10(16)14-11(12)17/h2-4,13H,5-6H2,1H3,(H3,12,14,16,17). The average Bonchev–Trinajstić information content (AvgIpc) is 2.30. The number of nitrogens with two attached hydrogens (primary N) is 1. The molecule has 19 heavy (non-hydrogen) atoms. The van der Waals surface area contributed by atoms with Gasteiger partial charge in [0.25, 0.3) is 5.69 Å². The summed E-state index contributed by atoms with van der Waals surface area (Å²) in [6.07, 6.45) is 0. The molecule has 1 rings (SSSR count). The molecule has 0 aromatic heterocycles. The first-order valence-electron chi connectivity index (χ1n) is 5.44. The van der Waals surface area contributed by atoms with Crippen LogP contribution in [0.5, 0.6) is 0 Å². The highest BCUT2D eigenvalue weighted by atomic mass is 16.6. The van der Waals surface area contributed by atoms with E-state index < -0.39 is 16.9 Å². The van der Waals surface area contributed by atoms with E-state index in [0.717, 1.165) is 0 Å². The number of carbonyl (C=O) groups is 2. The molecule has 8 heteroatoms. The van der Waals surface area contributed by atoms with Gasteiger partial charge >= 0.3 is 6.03 Å². The predicted octanol–water partition coefficient (Wildman–Crippen LogP) is 0.188. The lowest BCUT2D eigenvalue weighted by Gasteiger charge is -2.07. The lowest BCUT2D eigenvalue weighted by atomic mass is 10.1. The maximum Gasteiger partial charge on any atom is 0.318 e. The summed E-state index contributed by atoms with van der Waals surface area (Å²) in [4.78, 5) is 31.8. The molecule has 0 spiro atoms. The Morgan fingerprint density at radius 3 is 2.68 bits per heavy atom. The van der Waals surface area contributed by atoms with E-state index in [0.29, 0.717) is 11.1 Å². The summed E-state index contributed by atoms with van der Waals surface area (Å²) < 4.78 is 0. The minimum Gasteiger partial charge on any atom is -0.351 e. The lowest BCUT2D eigenvalue weighted by molar-refractivity contribution is -0.385. The van der Waals surface area contributed by atoms with E-state index in [2.05, 4.69) is 5.32 Å². The van der Waals surface area contributed by atoms with Crippen LogP contribution in [0.4, 0.5) is 10.5 Å². The molecule has 0 aliphatic rings. The van der Waals surface area contributed by atoms with Crippen molar-refractivity contribution in [2.24, 2.45) is 5.73 Å². The van der Waals surface area contributed by atoms with Crippen LogP contribution in [0, 0.1) is 17.0 Å². The number of amides is 3. The zero-order valence-electron chi connectivity index (χ0n) is 10.3.